The molecule has 2 heterocycles. The minimum Gasteiger partial charge on any atom is -0.481 e. The Hall–Kier alpha value is -0.610. The Bertz CT molecular complexity index is 343. The fraction of sp³-hybridized carbons (Fsp3) is 0.938. The highest BCUT2D eigenvalue weighted by Crippen LogP contribution is 2.30. The van der Waals surface area contributed by atoms with E-state index in [-0.39, 0.29) is 0 Å². The van der Waals surface area contributed by atoms with E-state index in [1.165, 1.54) is 38.9 Å². The van der Waals surface area contributed by atoms with Crippen molar-refractivity contribution in [2.24, 2.45) is 11.3 Å². The highest BCUT2D eigenvalue weighted by Gasteiger charge is 2.34. The van der Waals surface area contributed by atoms with E-state index in [0.717, 1.165) is 31.3 Å². The van der Waals surface area contributed by atoms with Crippen molar-refractivity contribution >= 4 is 5.97 Å². The van der Waals surface area contributed by atoms with Crippen molar-refractivity contribution < 1.29 is 9.90 Å². The number of hydrogen-bond acceptors (Lipinski definition) is 3. The van der Waals surface area contributed by atoms with E-state index in [0.29, 0.717) is 0 Å². The van der Waals surface area contributed by atoms with Gasteiger partial charge in [-0.25, -0.2) is 0 Å². The molecule has 0 aromatic rings. The van der Waals surface area contributed by atoms with Gasteiger partial charge in [0, 0.05) is 12.6 Å². The first-order valence-corrected chi connectivity index (χ1v) is 8.06. The Morgan fingerprint density at radius 2 is 2.05 bits per heavy atom. The van der Waals surface area contributed by atoms with Crippen LogP contribution in [-0.4, -0.2) is 60.1 Å². The lowest BCUT2D eigenvalue weighted by molar-refractivity contribution is -0.147. The summed E-state index contributed by atoms with van der Waals surface area (Å²) in [6.45, 7) is 8.37. The van der Waals surface area contributed by atoms with Crippen LogP contribution in [0.5, 0.6) is 0 Å². The molecule has 116 valence electrons. The quantitative estimate of drug-likeness (QED) is 0.840. The minimum atomic E-state index is -0.676. The molecule has 4 heteroatoms. The number of hydrogen-bond donors (Lipinski definition) is 1. The van der Waals surface area contributed by atoms with Crippen LogP contribution < -0.4 is 0 Å². The summed E-state index contributed by atoms with van der Waals surface area (Å²) >= 11 is 0. The van der Waals surface area contributed by atoms with Gasteiger partial charge in [-0.05, 0) is 78.6 Å². The normalized spacial score (nSPS) is 29.1. The summed E-state index contributed by atoms with van der Waals surface area (Å²) in [4.78, 5) is 16.2. The summed E-state index contributed by atoms with van der Waals surface area (Å²) in [5, 5.41) is 9.14. The molecule has 0 radical (unpaired) electrons. The summed E-state index contributed by atoms with van der Waals surface area (Å²) in [5.74, 6) is 0.153. The zero-order chi connectivity index (χ0) is 14.8. The molecule has 2 fully saturated rings. The van der Waals surface area contributed by atoms with Crippen LogP contribution in [0.15, 0.2) is 0 Å². The van der Waals surface area contributed by atoms with Gasteiger partial charge >= 0.3 is 5.97 Å². The lowest BCUT2D eigenvalue weighted by atomic mass is 9.83. The van der Waals surface area contributed by atoms with Crippen molar-refractivity contribution in [2.75, 3.05) is 33.2 Å². The Morgan fingerprint density at radius 1 is 1.30 bits per heavy atom. The smallest absolute Gasteiger partial charge is 0.309 e. The van der Waals surface area contributed by atoms with Crippen molar-refractivity contribution in [1.29, 1.82) is 0 Å². The van der Waals surface area contributed by atoms with Crippen molar-refractivity contribution in [2.45, 2.75) is 52.0 Å². The summed E-state index contributed by atoms with van der Waals surface area (Å²) in [6, 6.07) is 0.787. The average molecular weight is 282 g/mol. The van der Waals surface area contributed by atoms with Crippen molar-refractivity contribution in [3.63, 3.8) is 0 Å². The van der Waals surface area contributed by atoms with Gasteiger partial charge in [0.25, 0.3) is 0 Å². The first-order valence-electron chi connectivity index (χ1n) is 8.06. The predicted molar refractivity (Wildman–Crippen MR) is 80.8 cm³/mol. The van der Waals surface area contributed by atoms with Crippen LogP contribution in [0, 0.1) is 11.3 Å². The SMILES string of the molecule is CN1CCCC2CN(CCCC(C)(C)C(=O)O)CCC21. The van der Waals surface area contributed by atoms with Crippen molar-refractivity contribution in [3.8, 4) is 0 Å². The molecular weight excluding hydrogens is 252 g/mol. The molecule has 0 spiro atoms. The van der Waals surface area contributed by atoms with E-state index in [4.69, 9.17) is 5.11 Å². The van der Waals surface area contributed by atoms with Gasteiger partial charge in [0.2, 0.25) is 0 Å². The minimum absolute atomic E-state index is 0.580. The number of carboxylic acid groups (broad SMARTS) is 1. The molecule has 0 aromatic heterocycles. The maximum absolute atomic E-state index is 11.1. The summed E-state index contributed by atoms with van der Waals surface area (Å²) < 4.78 is 0. The van der Waals surface area contributed by atoms with E-state index in [1.807, 2.05) is 13.8 Å². The highest BCUT2D eigenvalue weighted by atomic mass is 16.4. The first-order chi connectivity index (χ1) is 9.40. The Labute approximate surface area is 123 Å². The highest BCUT2D eigenvalue weighted by molar-refractivity contribution is 5.73. The average Bonchev–Trinajstić information content (AvgIpc) is 2.38. The van der Waals surface area contributed by atoms with Gasteiger partial charge in [0.15, 0.2) is 0 Å². The van der Waals surface area contributed by atoms with Gasteiger partial charge in [0.05, 0.1) is 5.41 Å². The van der Waals surface area contributed by atoms with Gasteiger partial charge in [-0.1, -0.05) is 0 Å². The van der Waals surface area contributed by atoms with E-state index in [2.05, 4.69) is 16.8 Å². The second-order valence-corrected chi connectivity index (χ2v) is 7.33. The number of rotatable bonds is 5. The van der Waals surface area contributed by atoms with E-state index < -0.39 is 11.4 Å². The van der Waals surface area contributed by atoms with Gasteiger partial charge in [-0.15, -0.1) is 0 Å². The number of nitrogens with zero attached hydrogens (tertiary/aromatic N) is 2. The molecule has 2 saturated heterocycles. The van der Waals surface area contributed by atoms with Crippen molar-refractivity contribution in [3.05, 3.63) is 0 Å². The standard InChI is InChI=1S/C16H30N2O2/c1-16(2,15(19)20)8-5-10-18-11-7-14-13(12-18)6-4-9-17(14)3/h13-14H,4-12H2,1-3H3,(H,19,20). The van der Waals surface area contributed by atoms with Crippen LogP contribution in [0.3, 0.4) is 0 Å². The second kappa shape index (κ2) is 6.44. The number of carbonyl (C=O) groups is 1. The zero-order valence-electron chi connectivity index (χ0n) is 13.3. The summed E-state index contributed by atoms with van der Waals surface area (Å²) in [7, 11) is 2.27. The van der Waals surface area contributed by atoms with Crippen LogP contribution in [0.2, 0.25) is 0 Å². The molecule has 0 saturated carbocycles. The van der Waals surface area contributed by atoms with Crippen LogP contribution in [0.4, 0.5) is 0 Å². The van der Waals surface area contributed by atoms with Gasteiger partial charge in [-0.2, -0.15) is 0 Å². The fourth-order valence-electron chi connectivity index (χ4n) is 3.78. The number of piperidine rings is 2. The Kier molecular flexibility index (Phi) is 5.08. The molecule has 2 aliphatic heterocycles. The lowest BCUT2D eigenvalue weighted by Crippen LogP contribution is -2.52. The van der Waals surface area contributed by atoms with Gasteiger partial charge < -0.3 is 14.9 Å². The molecule has 2 unspecified atom stereocenters. The topological polar surface area (TPSA) is 43.8 Å². The number of carboxylic acids is 1. The van der Waals surface area contributed by atoms with Crippen LogP contribution in [0.1, 0.15) is 46.0 Å². The number of fused-ring (bicyclic) bond motifs is 1. The first kappa shape index (κ1) is 15.8. The summed E-state index contributed by atoms with van der Waals surface area (Å²) in [5.41, 5.74) is -0.580. The zero-order valence-corrected chi connectivity index (χ0v) is 13.3. The fourth-order valence-corrected chi connectivity index (χ4v) is 3.78. The van der Waals surface area contributed by atoms with Gasteiger partial charge in [0.1, 0.15) is 0 Å². The molecule has 0 aliphatic carbocycles. The molecule has 0 amide bonds. The van der Waals surface area contributed by atoms with E-state index in [1.54, 1.807) is 0 Å². The molecule has 0 aromatic carbocycles. The largest absolute Gasteiger partial charge is 0.481 e. The molecule has 1 N–H and O–H groups in total. The van der Waals surface area contributed by atoms with Crippen LogP contribution >= 0.6 is 0 Å². The van der Waals surface area contributed by atoms with E-state index >= 15 is 0 Å². The molecular formula is C16H30N2O2. The maximum Gasteiger partial charge on any atom is 0.309 e. The molecule has 4 nitrogen and oxygen atoms in total. The van der Waals surface area contributed by atoms with E-state index in [9.17, 15) is 4.79 Å². The third-order valence-electron chi connectivity index (χ3n) is 5.28. The van der Waals surface area contributed by atoms with Gasteiger partial charge in [-0.3, -0.25) is 4.79 Å². The maximum atomic E-state index is 11.1. The summed E-state index contributed by atoms with van der Waals surface area (Å²) in [6.07, 6.45) is 5.74. The predicted octanol–water partition coefficient (Wildman–Crippen LogP) is 2.29. The third-order valence-corrected chi connectivity index (χ3v) is 5.28. The molecule has 0 bridgehead atoms. The molecule has 2 rings (SSSR count). The Morgan fingerprint density at radius 3 is 2.75 bits per heavy atom. The second-order valence-electron chi connectivity index (χ2n) is 7.33. The Balaban J connectivity index is 1.74. The van der Waals surface area contributed by atoms with Crippen molar-refractivity contribution in [1.82, 2.24) is 9.80 Å². The molecule has 20 heavy (non-hydrogen) atoms. The monoisotopic (exact) mass is 282 g/mol. The van der Waals surface area contributed by atoms with Crippen LogP contribution in [0.25, 0.3) is 0 Å². The molecule has 2 aliphatic rings. The number of aliphatic carboxylic acids is 1. The number of likely N-dealkylation sites (tertiary alicyclic amines) is 2. The lowest BCUT2D eigenvalue weighted by Gasteiger charge is -2.46. The van der Waals surface area contributed by atoms with Crippen LogP contribution in [-0.2, 0) is 4.79 Å². The molecule has 2 atom stereocenters. The third kappa shape index (κ3) is 3.73.